The highest BCUT2D eigenvalue weighted by Gasteiger charge is 2.25. The summed E-state index contributed by atoms with van der Waals surface area (Å²) < 4.78 is 5.36. The molecule has 0 aromatic carbocycles. The molecule has 0 aromatic heterocycles. The van der Waals surface area contributed by atoms with E-state index < -0.39 is 0 Å². The molecule has 0 bridgehead atoms. The monoisotopic (exact) mass is 212 g/mol. The molecule has 1 aliphatic rings. The third kappa shape index (κ3) is 3.84. The smallest absolute Gasteiger partial charge is 0.305 e. The zero-order valence-electron chi connectivity index (χ0n) is 10.3. The molecule has 2 heteroatoms. The molecule has 1 unspecified atom stereocenters. The van der Waals surface area contributed by atoms with Gasteiger partial charge in [0.05, 0.1) is 0 Å². The van der Waals surface area contributed by atoms with Crippen LogP contribution >= 0.6 is 0 Å². The fourth-order valence-corrected chi connectivity index (χ4v) is 2.38. The Labute approximate surface area is 93.4 Å². The van der Waals surface area contributed by atoms with E-state index in [1.165, 1.54) is 19.3 Å². The summed E-state index contributed by atoms with van der Waals surface area (Å²) in [6, 6.07) is 0. The SMILES string of the molecule is CCC(=O)OC1CCC(C(C)CC)CC1. The van der Waals surface area contributed by atoms with E-state index in [2.05, 4.69) is 13.8 Å². The lowest BCUT2D eigenvalue weighted by Gasteiger charge is -2.31. The average Bonchev–Trinajstić information content (AvgIpc) is 2.29. The Morgan fingerprint density at radius 3 is 2.33 bits per heavy atom. The van der Waals surface area contributed by atoms with Crippen molar-refractivity contribution < 1.29 is 9.53 Å². The second-order valence-electron chi connectivity index (χ2n) is 4.77. The van der Waals surface area contributed by atoms with Crippen molar-refractivity contribution in [2.45, 2.75) is 65.4 Å². The maximum Gasteiger partial charge on any atom is 0.305 e. The van der Waals surface area contributed by atoms with E-state index in [4.69, 9.17) is 4.74 Å². The van der Waals surface area contributed by atoms with Crippen molar-refractivity contribution in [3.63, 3.8) is 0 Å². The Kier molecular flexibility index (Phi) is 5.13. The Morgan fingerprint density at radius 1 is 1.27 bits per heavy atom. The molecule has 1 aliphatic carbocycles. The minimum absolute atomic E-state index is 0.0398. The second-order valence-corrected chi connectivity index (χ2v) is 4.77. The first-order chi connectivity index (χ1) is 7.17. The fourth-order valence-electron chi connectivity index (χ4n) is 2.38. The normalized spacial score (nSPS) is 28.5. The van der Waals surface area contributed by atoms with Crippen LogP contribution in [0.2, 0.25) is 0 Å². The van der Waals surface area contributed by atoms with Crippen LogP contribution in [-0.2, 0) is 9.53 Å². The van der Waals surface area contributed by atoms with E-state index in [0.29, 0.717) is 6.42 Å². The highest BCUT2D eigenvalue weighted by molar-refractivity contribution is 5.69. The predicted molar refractivity (Wildman–Crippen MR) is 61.6 cm³/mol. The van der Waals surface area contributed by atoms with Gasteiger partial charge >= 0.3 is 5.97 Å². The van der Waals surface area contributed by atoms with E-state index in [0.717, 1.165) is 24.7 Å². The van der Waals surface area contributed by atoms with Crippen LogP contribution < -0.4 is 0 Å². The first kappa shape index (κ1) is 12.5. The minimum Gasteiger partial charge on any atom is -0.462 e. The van der Waals surface area contributed by atoms with Gasteiger partial charge in [0.25, 0.3) is 0 Å². The maximum atomic E-state index is 11.1. The summed E-state index contributed by atoms with van der Waals surface area (Å²) in [7, 11) is 0. The van der Waals surface area contributed by atoms with Crippen molar-refractivity contribution >= 4 is 5.97 Å². The molecule has 1 atom stereocenters. The molecular formula is C13H24O2. The van der Waals surface area contributed by atoms with Crippen LogP contribution in [0.5, 0.6) is 0 Å². The quantitative estimate of drug-likeness (QED) is 0.666. The third-order valence-corrected chi connectivity index (χ3v) is 3.75. The molecule has 0 amide bonds. The van der Waals surface area contributed by atoms with E-state index in [1.54, 1.807) is 0 Å². The minimum atomic E-state index is -0.0398. The Bertz CT molecular complexity index is 193. The topological polar surface area (TPSA) is 26.3 Å². The Morgan fingerprint density at radius 2 is 1.87 bits per heavy atom. The molecule has 88 valence electrons. The fraction of sp³-hybridized carbons (Fsp3) is 0.923. The van der Waals surface area contributed by atoms with Gasteiger partial charge in [0.2, 0.25) is 0 Å². The Balaban J connectivity index is 2.26. The molecule has 0 spiro atoms. The summed E-state index contributed by atoms with van der Waals surface area (Å²) >= 11 is 0. The summed E-state index contributed by atoms with van der Waals surface area (Å²) in [6.07, 6.45) is 6.59. The van der Waals surface area contributed by atoms with Crippen molar-refractivity contribution in [1.82, 2.24) is 0 Å². The van der Waals surface area contributed by atoms with Gasteiger partial charge in [0.15, 0.2) is 0 Å². The lowest BCUT2D eigenvalue weighted by atomic mass is 9.79. The highest BCUT2D eigenvalue weighted by atomic mass is 16.5. The first-order valence-corrected chi connectivity index (χ1v) is 6.36. The van der Waals surface area contributed by atoms with E-state index in [9.17, 15) is 4.79 Å². The van der Waals surface area contributed by atoms with Gasteiger partial charge in [-0.25, -0.2) is 0 Å². The third-order valence-electron chi connectivity index (χ3n) is 3.75. The average molecular weight is 212 g/mol. The summed E-state index contributed by atoms with van der Waals surface area (Å²) in [4.78, 5) is 11.1. The van der Waals surface area contributed by atoms with Gasteiger partial charge in [-0.2, -0.15) is 0 Å². The Hall–Kier alpha value is -0.530. The number of ether oxygens (including phenoxy) is 1. The molecule has 1 fully saturated rings. The first-order valence-electron chi connectivity index (χ1n) is 6.36. The molecular weight excluding hydrogens is 188 g/mol. The number of hydrogen-bond acceptors (Lipinski definition) is 2. The largest absolute Gasteiger partial charge is 0.462 e. The van der Waals surface area contributed by atoms with Crippen LogP contribution in [0.1, 0.15) is 59.3 Å². The van der Waals surface area contributed by atoms with Crippen LogP contribution in [0.25, 0.3) is 0 Å². The molecule has 1 saturated carbocycles. The van der Waals surface area contributed by atoms with E-state index >= 15 is 0 Å². The van der Waals surface area contributed by atoms with Crippen molar-refractivity contribution in [3.05, 3.63) is 0 Å². The zero-order chi connectivity index (χ0) is 11.3. The van der Waals surface area contributed by atoms with Gasteiger partial charge in [-0.3, -0.25) is 4.79 Å². The van der Waals surface area contributed by atoms with Crippen molar-refractivity contribution in [1.29, 1.82) is 0 Å². The number of hydrogen-bond donors (Lipinski definition) is 0. The van der Waals surface area contributed by atoms with Crippen molar-refractivity contribution in [2.24, 2.45) is 11.8 Å². The molecule has 0 N–H and O–H groups in total. The lowest BCUT2D eigenvalue weighted by Crippen LogP contribution is -2.26. The summed E-state index contributed by atoms with van der Waals surface area (Å²) in [5, 5.41) is 0. The van der Waals surface area contributed by atoms with E-state index in [-0.39, 0.29) is 12.1 Å². The van der Waals surface area contributed by atoms with Crippen LogP contribution in [0.4, 0.5) is 0 Å². The van der Waals surface area contributed by atoms with Crippen LogP contribution in [0.15, 0.2) is 0 Å². The molecule has 0 radical (unpaired) electrons. The van der Waals surface area contributed by atoms with Gasteiger partial charge < -0.3 is 4.74 Å². The number of carbonyl (C=O) groups is 1. The second kappa shape index (κ2) is 6.14. The van der Waals surface area contributed by atoms with Gasteiger partial charge in [0, 0.05) is 6.42 Å². The number of carbonyl (C=O) groups excluding carboxylic acids is 1. The molecule has 0 aliphatic heterocycles. The van der Waals surface area contributed by atoms with Gasteiger partial charge in [-0.15, -0.1) is 0 Å². The molecule has 2 nitrogen and oxygen atoms in total. The standard InChI is InChI=1S/C13H24O2/c1-4-10(3)11-6-8-12(9-7-11)15-13(14)5-2/h10-12H,4-9H2,1-3H3. The van der Waals surface area contributed by atoms with Crippen molar-refractivity contribution in [2.75, 3.05) is 0 Å². The molecule has 15 heavy (non-hydrogen) atoms. The van der Waals surface area contributed by atoms with Gasteiger partial charge in [0.1, 0.15) is 6.10 Å². The molecule has 0 heterocycles. The van der Waals surface area contributed by atoms with Gasteiger partial charge in [-0.05, 0) is 37.5 Å². The lowest BCUT2D eigenvalue weighted by molar-refractivity contribution is -0.150. The van der Waals surface area contributed by atoms with Crippen molar-refractivity contribution in [3.8, 4) is 0 Å². The van der Waals surface area contributed by atoms with E-state index in [1.807, 2.05) is 6.92 Å². The highest BCUT2D eigenvalue weighted by Crippen LogP contribution is 2.32. The molecule has 0 saturated heterocycles. The predicted octanol–water partition coefficient (Wildman–Crippen LogP) is 3.54. The van der Waals surface area contributed by atoms with Gasteiger partial charge in [-0.1, -0.05) is 27.2 Å². The number of esters is 1. The molecule has 0 aromatic rings. The summed E-state index contributed by atoms with van der Waals surface area (Å²) in [6.45, 7) is 6.45. The summed E-state index contributed by atoms with van der Waals surface area (Å²) in [5.41, 5.74) is 0. The van der Waals surface area contributed by atoms with Crippen LogP contribution in [-0.4, -0.2) is 12.1 Å². The summed E-state index contributed by atoms with van der Waals surface area (Å²) in [5.74, 6) is 1.64. The number of rotatable bonds is 4. The van der Waals surface area contributed by atoms with Crippen LogP contribution in [0, 0.1) is 11.8 Å². The maximum absolute atomic E-state index is 11.1. The zero-order valence-corrected chi connectivity index (χ0v) is 10.3. The molecule has 1 rings (SSSR count). The van der Waals surface area contributed by atoms with Crippen LogP contribution in [0.3, 0.4) is 0 Å².